The molecule has 0 radical (unpaired) electrons. The second kappa shape index (κ2) is 6.01. The van der Waals surface area contributed by atoms with Crippen LogP contribution in [0.1, 0.15) is 28.8 Å². The molecule has 2 aliphatic rings. The van der Waals surface area contributed by atoms with Crippen molar-refractivity contribution in [3.05, 3.63) is 45.7 Å². The van der Waals surface area contributed by atoms with Gasteiger partial charge in [0.05, 0.1) is 6.07 Å². The maximum absolute atomic E-state index is 12.9. The molecule has 1 aliphatic heterocycles. The summed E-state index contributed by atoms with van der Waals surface area (Å²) in [5.74, 6) is -0.0834. The number of rotatable bonds is 2. The van der Waals surface area contributed by atoms with Gasteiger partial charge >= 0.3 is 0 Å². The Morgan fingerprint density at radius 2 is 2.08 bits per heavy atom. The van der Waals surface area contributed by atoms with Gasteiger partial charge in [0.2, 0.25) is 5.56 Å². The van der Waals surface area contributed by atoms with Crippen molar-refractivity contribution in [2.75, 3.05) is 19.6 Å². The Bertz CT molecular complexity index is 939. The molecule has 2 aromatic rings. The normalized spacial score (nSPS) is 21.3. The number of pyridine rings is 1. The highest BCUT2D eigenvalue weighted by molar-refractivity contribution is 5.98. The third kappa shape index (κ3) is 2.92. The van der Waals surface area contributed by atoms with Crippen LogP contribution in [0.2, 0.25) is 0 Å². The molecule has 1 amide bonds. The first-order valence-corrected chi connectivity index (χ1v) is 8.65. The van der Waals surface area contributed by atoms with E-state index in [0.29, 0.717) is 30.2 Å². The van der Waals surface area contributed by atoms with Gasteiger partial charge in [0.1, 0.15) is 6.04 Å². The van der Waals surface area contributed by atoms with Crippen LogP contribution in [0.25, 0.3) is 10.9 Å². The van der Waals surface area contributed by atoms with Crippen LogP contribution in [0.4, 0.5) is 0 Å². The SMILES string of the molecule is Cc1cc(=O)[nH]c2cc(C(=O)N3CCN(C4CC4)C(C#N)C3)ccc12. The van der Waals surface area contributed by atoms with Crippen molar-refractivity contribution in [2.45, 2.75) is 31.8 Å². The molecular weight excluding hydrogens is 316 g/mol. The summed E-state index contributed by atoms with van der Waals surface area (Å²) in [6.07, 6.45) is 2.31. The Morgan fingerprint density at radius 1 is 1.28 bits per heavy atom. The lowest BCUT2D eigenvalue weighted by atomic mass is 10.1. The van der Waals surface area contributed by atoms with E-state index < -0.39 is 0 Å². The van der Waals surface area contributed by atoms with E-state index in [0.717, 1.165) is 30.3 Å². The van der Waals surface area contributed by atoms with Crippen LogP contribution in [0.3, 0.4) is 0 Å². The molecule has 4 rings (SSSR count). The summed E-state index contributed by atoms with van der Waals surface area (Å²) >= 11 is 0. The number of nitriles is 1. The third-order valence-electron chi connectivity index (χ3n) is 5.17. The van der Waals surface area contributed by atoms with Crippen molar-refractivity contribution in [2.24, 2.45) is 0 Å². The van der Waals surface area contributed by atoms with Gasteiger partial charge in [-0.3, -0.25) is 14.5 Å². The summed E-state index contributed by atoms with van der Waals surface area (Å²) in [6, 6.07) is 9.59. The van der Waals surface area contributed by atoms with Gasteiger partial charge in [-0.2, -0.15) is 5.26 Å². The van der Waals surface area contributed by atoms with E-state index in [1.165, 1.54) is 0 Å². The Hall–Kier alpha value is -2.65. The predicted molar refractivity (Wildman–Crippen MR) is 94.3 cm³/mol. The van der Waals surface area contributed by atoms with E-state index in [2.05, 4.69) is 16.0 Å². The summed E-state index contributed by atoms with van der Waals surface area (Å²) in [5.41, 5.74) is 1.94. The first-order chi connectivity index (χ1) is 12.1. The molecule has 1 unspecified atom stereocenters. The monoisotopic (exact) mass is 336 g/mol. The predicted octanol–water partition coefficient (Wildman–Crippen LogP) is 1.65. The number of amides is 1. The fourth-order valence-electron chi connectivity index (χ4n) is 3.69. The molecule has 1 saturated heterocycles. The Labute approximate surface area is 145 Å². The zero-order chi connectivity index (χ0) is 17.6. The number of hydrogen-bond donors (Lipinski definition) is 1. The van der Waals surface area contributed by atoms with Crippen LogP contribution in [0.15, 0.2) is 29.1 Å². The number of aromatic nitrogens is 1. The molecule has 2 heterocycles. The van der Waals surface area contributed by atoms with E-state index in [1.807, 2.05) is 13.0 Å². The number of piperazine rings is 1. The summed E-state index contributed by atoms with van der Waals surface area (Å²) in [7, 11) is 0. The molecule has 1 atom stereocenters. The molecule has 25 heavy (non-hydrogen) atoms. The van der Waals surface area contributed by atoms with E-state index in [4.69, 9.17) is 0 Å². The summed E-state index contributed by atoms with van der Waals surface area (Å²) in [4.78, 5) is 31.3. The van der Waals surface area contributed by atoms with Gasteiger partial charge in [-0.15, -0.1) is 0 Å². The lowest BCUT2D eigenvalue weighted by Gasteiger charge is -2.38. The number of aromatic amines is 1. The third-order valence-corrected chi connectivity index (χ3v) is 5.17. The quantitative estimate of drug-likeness (QED) is 0.904. The largest absolute Gasteiger partial charge is 0.335 e. The molecule has 0 bridgehead atoms. The number of benzene rings is 1. The fraction of sp³-hybridized carbons (Fsp3) is 0.421. The summed E-state index contributed by atoms with van der Waals surface area (Å²) in [6.45, 7) is 3.70. The molecule has 0 spiro atoms. The maximum atomic E-state index is 12.9. The van der Waals surface area contributed by atoms with E-state index in [1.54, 1.807) is 23.1 Å². The summed E-state index contributed by atoms with van der Waals surface area (Å²) in [5, 5.41) is 10.4. The van der Waals surface area contributed by atoms with Crippen LogP contribution < -0.4 is 5.56 Å². The van der Waals surface area contributed by atoms with Crippen LogP contribution >= 0.6 is 0 Å². The van der Waals surface area contributed by atoms with Crippen LogP contribution in [-0.4, -0.2) is 52.4 Å². The van der Waals surface area contributed by atoms with Crippen molar-refractivity contribution < 1.29 is 4.79 Å². The van der Waals surface area contributed by atoms with E-state index in [9.17, 15) is 14.9 Å². The average Bonchev–Trinajstić information content (AvgIpc) is 3.44. The zero-order valence-corrected chi connectivity index (χ0v) is 14.2. The highest BCUT2D eigenvalue weighted by Gasteiger charge is 2.38. The van der Waals surface area contributed by atoms with Gasteiger partial charge in [-0.1, -0.05) is 6.07 Å². The van der Waals surface area contributed by atoms with Gasteiger partial charge in [-0.25, -0.2) is 0 Å². The van der Waals surface area contributed by atoms with Crippen LogP contribution in [0, 0.1) is 18.3 Å². The van der Waals surface area contributed by atoms with Crippen molar-refractivity contribution in [1.29, 1.82) is 5.26 Å². The van der Waals surface area contributed by atoms with E-state index in [-0.39, 0.29) is 17.5 Å². The van der Waals surface area contributed by atoms with Crippen molar-refractivity contribution in [1.82, 2.24) is 14.8 Å². The smallest absolute Gasteiger partial charge is 0.254 e. The molecule has 1 aromatic carbocycles. The number of aryl methyl sites for hydroxylation is 1. The molecule has 1 N–H and O–H groups in total. The molecule has 6 nitrogen and oxygen atoms in total. The molecular formula is C19H20N4O2. The van der Waals surface area contributed by atoms with Gasteiger partial charge in [0, 0.05) is 48.2 Å². The minimum atomic E-state index is -0.229. The van der Waals surface area contributed by atoms with Gasteiger partial charge in [0.25, 0.3) is 5.91 Å². The second-order valence-corrected chi connectivity index (χ2v) is 6.94. The first-order valence-electron chi connectivity index (χ1n) is 8.65. The van der Waals surface area contributed by atoms with Crippen molar-refractivity contribution in [3.8, 4) is 6.07 Å². The number of carbonyl (C=O) groups is 1. The highest BCUT2D eigenvalue weighted by atomic mass is 16.2. The molecule has 1 aromatic heterocycles. The van der Waals surface area contributed by atoms with E-state index >= 15 is 0 Å². The number of H-pyrrole nitrogens is 1. The second-order valence-electron chi connectivity index (χ2n) is 6.94. The van der Waals surface area contributed by atoms with Crippen molar-refractivity contribution in [3.63, 3.8) is 0 Å². The average molecular weight is 336 g/mol. The number of nitrogens with zero attached hydrogens (tertiary/aromatic N) is 3. The van der Waals surface area contributed by atoms with Crippen LogP contribution in [0.5, 0.6) is 0 Å². The highest BCUT2D eigenvalue weighted by Crippen LogP contribution is 2.30. The van der Waals surface area contributed by atoms with Gasteiger partial charge in [0.15, 0.2) is 0 Å². The number of nitrogens with one attached hydrogen (secondary N) is 1. The lowest BCUT2D eigenvalue weighted by Crippen LogP contribution is -2.54. The fourth-order valence-corrected chi connectivity index (χ4v) is 3.69. The summed E-state index contributed by atoms with van der Waals surface area (Å²) < 4.78 is 0. The Kier molecular flexibility index (Phi) is 3.81. The maximum Gasteiger partial charge on any atom is 0.254 e. The van der Waals surface area contributed by atoms with Gasteiger partial charge < -0.3 is 9.88 Å². The lowest BCUT2D eigenvalue weighted by molar-refractivity contribution is 0.0550. The number of fused-ring (bicyclic) bond motifs is 1. The molecule has 1 saturated carbocycles. The zero-order valence-electron chi connectivity index (χ0n) is 14.2. The number of carbonyl (C=O) groups excluding carboxylic acids is 1. The van der Waals surface area contributed by atoms with Gasteiger partial charge in [-0.05, 0) is 37.5 Å². The minimum absolute atomic E-state index is 0.0834. The standard InChI is InChI=1S/C19H20N4O2/c1-12-8-18(24)21-17-9-13(2-5-16(12)17)19(25)22-6-7-23(14-3-4-14)15(10-20)11-22/h2,5,8-9,14-15H,3-4,6-7,11H2,1H3,(H,21,24). The molecule has 6 heteroatoms. The Morgan fingerprint density at radius 3 is 2.80 bits per heavy atom. The van der Waals surface area contributed by atoms with Crippen molar-refractivity contribution >= 4 is 16.8 Å². The Balaban J connectivity index is 1.59. The molecule has 128 valence electrons. The minimum Gasteiger partial charge on any atom is -0.335 e. The molecule has 2 fully saturated rings. The molecule has 1 aliphatic carbocycles. The van der Waals surface area contributed by atoms with Crippen LogP contribution in [-0.2, 0) is 0 Å². The first kappa shape index (κ1) is 15.9. The number of hydrogen-bond acceptors (Lipinski definition) is 4. The topological polar surface area (TPSA) is 80.2 Å².